The third-order valence-corrected chi connectivity index (χ3v) is 4.38. The van der Waals surface area contributed by atoms with Crippen molar-refractivity contribution in [2.45, 2.75) is 38.6 Å². The number of amides is 1. The van der Waals surface area contributed by atoms with Crippen LogP contribution in [-0.2, 0) is 16.0 Å². The zero-order chi connectivity index (χ0) is 16.9. The number of aromatic nitrogens is 2. The molecule has 0 radical (unpaired) electrons. The molecule has 23 heavy (non-hydrogen) atoms. The molecule has 0 aliphatic heterocycles. The summed E-state index contributed by atoms with van der Waals surface area (Å²) < 4.78 is 0. The van der Waals surface area contributed by atoms with Crippen LogP contribution in [0.25, 0.3) is 10.6 Å². The second kappa shape index (κ2) is 7.32. The molecule has 2 heterocycles. The highest BCUT2D eigenvalue weighted by Gasteiger charge is 2.33. The van der Waals surface area contributed by atoms with E-state index in [-0.39, 0.29) is 12.3 Å². The summed E-state index contributed by atoms with van der Waals surface area (Å²) in [6.07, 6.45) is 4.51. The lowest BCUT2D eigenvalue weighted by Gasteiger charge is -2.25. The van der Waals surface area contributed by atoms with Crippen LogP contribution in [0, 0.1) is 0 Å². The number of carbonyl (C=O) groups excluding carboxylic acids is 1. The molecule has 0 aromatic carbocycles. The third-order valence-electron chi connectivity index (χ3n) is 3.44. The first-order valence-electron chi connectivity index (χ1n) is 7.34. The van der Waals surface area contributed by atoms with Crippen LogP contribution in [0.4, 0.5) is 0 Å². The standard InChI is InChI=1S/C16H19N3O3S/c1-3-6-16(2,15(21)22)19-13(20)8-12-10-23-14(18-12)11-5-4-7-17-9-11/h4-5,7,9-10H,3,6,8H2,1-2H3,(H,19,20)(H,21,22). The topological polar surface area (TPSA) is 92.2 Å². The van der Waals surface area contributed by atoms with Crippen LogP contribution in [-0.4, -0.2) is 32.5 Å². The fraction of sp³-hybridized carbons (Fsp3) is 0.375. The van der Waals surface area contributed by atoms with E-state index in [0.717, 1.165) is 10.6 Å². The van der Waals surface area contributed by atoms with E-state index in [1.807, 2.05) is 19.1 Å². The van der Waals surface area contributed by atoms with Crippen molar-refractivity contribution >= 4 is 23.2 Å². The lowest BCUT2D eigenvalue weighted by Crippen LogP contribution is -2.52. The van der Waals surface area contributed by atoms with Gasteiger partial charge < -0.3 is 10.4 Å². The van der Waals surface area contributed by atoms with Crippen molar-refractivity contribution in [3.05, 3.63) is 35.6 Å². The highest BCUT2D eigenvalue weighted by atomic mass is 32.1. The Balaban J connectivity index is 2.04. The quantitative estimate of drug-likeness (QED) is 0.812. The predicted molar refractivity (Wildman–Crippen MR) is 88.1 cm³/mol. The second-order valence-electron chi connectivity index (χ2n) is 5.50. The van der Waals surface area contributed by atoms with Crippen molar-refractivity contribution < 1.29 is 14.7 Å². The molecule has 2 rings (SSSR count). The van der Waals surface area contributed by atoms with Crippen molar-refractivity contribution in [3.8, 4) is 10.6 Å². The number of hydrogen-bond donors (Lipinski definition) is 2. The molecular weight excluding hydrogens is 314 g/mol. The Kier molecular flexibility index (Phi) is 5.44. The molecule has 0 aliphatic rings. The molecule has 0 saturated heterocycles. The molecule has 1 atom stereocenters. The van der Waals surface area contributed by atoms with Gasteiger partial charge in [-0.25, -0.2) is 9.78 Å². The number of carboxylic acid groups (broad SMARTS) is 1. The van der Waals surface area contributed by atoms with E-state index in [1.54, 1.807) is 17.8 Å². The Bertz CT molecular complexity index is 687. The minimum Gasteiger partial charge on any atom is -0.480 e. The average Bonchev–Trinajstić information content (AvgIpc) is 2.96. The lowest BCUT2D eigenvalue weighted by molar-refractivity contribution is -0.147. The number of nitrogens with one attached hydrogen (secondary N) is 1. The number of hydrogen-bond acceptors (Lipinski definition) is 5. The summed E-state index contributed by atoms with van der Waals surface area (Å²) in [4.78, 5) is 31.9. The Morgan fingerprint density at radius 3 is 2.83 bits per heavy atom. The van der Waals surface area contributed by atoms with Crippen LogP contribution in [0.15, 0.2) is 29.9 Å². The van der Waals surface area contributed by atoms with Crippen LogP contribution in [0.3, 0.4) is 0 Å². The SMILES string of the molecule is CCCC(C)(NC(=O)Cc1csc(-c2cccnc2)n1)C(=O)O. The van der Waals surface area contributed by atoms with E-state index in [4.69, 9.17) is 0 Å². The van der Waals surface area contributed by atoms with Gasteiger partial charge in [-0.3, -0.25) is 9.78 Å². The van der Waals surface area contributed by atoms with Gasteiger partial charge in [-0.15, -0.1) is 11.3 Å². The summed E-state index contributed by atoms with van der Waals surface area (Å²) in [5.74, 6) is -1.37. The Hall–Kier alpha value is -2.28. The van der Waals surface area contributed by atoms with Gasteiger partial charge in [-0.2, -0.15) is 0 Å². The van der Waals surface area contributed by atoms with Crippen molar-refractivity contribution in [1.82, 2.24) is 15.3 Å². The van der Waals surface area contributed by atoms with Crippen molar-refractivity contribution in [2.24, 2.45) is 0 Å². The Morgan fingerprint density at radius 1 is 1.43 bits per heavy atom. The highest BCUT2D eigenvalue weighted by molar-refractivity contribution is 7.13. The Labute approximate surface area is 138 Å². The largest absolute Gasteiger partial charge is 0.480 e. The summed E-state index contributed by atoms with van der Waals surface area (Å²) in [6, 6.07) is 3.73. The molecule has 1 amide bonds. The number of pyridine rings is 1. The van der Waals surface area contributed by atoms with Gasteiger partial charge in [0.2, 0.25) is 5.91 Å². The van der Waals surface area contributed by atoms with E-state index in [9.17, 15) is 14.7 Å². The fourth-order valence-electron chi connectivity index (χ4n) is 2.25. The smallest absolute Gasteiger partial charge is 0.329 e. The lowest BCUT2D eigenvalue weighted by atomic mass is 9.96. The van der Waals surface area contributed by atoms with E-state index in [1.165, 1.54) is 18.3 Å². The highest BCUT2D eigenvalue weighted by Crippen LogP contribution is 2.23. The maximum absolute atomic E-state index is 12.1. The summed E-state index contributed by atoms with van der Waals surface area (Å²) in [5.41, 5.74) is 0.273. The van der Waals surface area contributed by atoms with Crippen molar-refractivity contribution in [3.63, 3.8) is 0 Å². The second-order valence-corrected chi connectivity index (χ2v) is 6.36. The number of aliphatic carboxylic acids is 1. The van der Waals surface area contributed by atoms with Crippen molar-refractivity contribution in [1.29, 1.82) is 0 Å². The van der Waals surface area contributed by atoms with E-state index in [0.29, 0.717) is 18.5 Å². The van der Waals surface area contributed by atoms with Gasteiger partial charge in [0.05, 0.1) is 12.1 Å². The third kappa shape index (κ3) is 4.35. The minimum atomic E-state index is -1.24. The molecule has 0 spiro atoms. The number of nitrogens with zero attached hydrogens (tertiary/aromatic N) is 2. The molecule has 2 N–H and O–H groups in total. The summed E-state index contributed by atoms with van der Waals surface area (Å²) in [5, 5.41) is 14.5. The van der Waals surface area contributed by atoms with E-state index in [2.05, 4.69) is 15.3 Å². The van der Waals surface area contributed by atoms with Crippen LogP contribution < -0.4 is 5.32 Å². The zero-order valence-electron chi connectivity index (χ0n) is 13.1. The van der Waals surface area contributed by atoms with Crippen molar-refractivity contribution in [2.75, 3.05) is 0 Å². The fourth-order valence-corrected chi connectivity index (χ4v) is 3.06. The van der Waals surface area contributed by atoms with Crippen LogP contribution in [0.1, 0.15) is 32.4 Å². The molecule has 122 valence electrons. The van der Waals surface area contributed by atoms with Gasteiger partial charge in [0.1, 0.15) is 10.5 Å². The molecular formula is C16H19N3O3S. The summed E-state index contributed by atoms with van der Waals surface area (Å²) >= 11 is 1.43. The molecule has 0 saturated carbocycles. The first kappa shape index (κ1) is 17.1. The number of carboxylic acids is 1. The molecule has 2 aromatic rings. The first-order valence-corrected chi connectivity index (χ1v) is 8.22. The van der Waals surface area contributed by atoms with Crippen LogP contribution in [0.5, 0.6) is 0 Å². The number of rotatable bonds is 7. The van der Waals surface area contributed by atoms with Gasteiger partial charge in [0.25, 0.3) is 0 Å². The van der Waals surface area contributed by atoms with Gasteiger partial charge in [0.15, 0.2) is 0 Å². The van der Waals surface area contributed by atoms with Gasteiger partial charge >= 0.3 is 5.97 Å². The normalized spacial score (nSPS) is 13.3. The predicted octanol–water partition coefficient (Wildman–Crippen LogP) is 2.51. The van der Waals surface area contributed by atoms with E-state index < -0.39 is 11.5 Å². The van der Waals surface area contributed by atoms with Gasteiger partial charge in [0, 0.05) is 23.3 Å². The molecule has 1 unspecified atom stereocenters. The van der Waals surface area contributed by atoms with Crippen LogP contribution in [0.2, 0.25) is 0 Å². The maximum Gasteiger partial charge on any atom is 0.329 e. The van der Waals surface area contributed by atoms with Gasteiger partial charge in [-0.05, 0) is 25.5 Å². The molecule has 0 aliphatic carbocycles. The molecule has 0 fully saturated rings. The molecule has 0 bridgehead atoms. The first-order chi connectivity index (χ1) is 10.9. The molecule has 6 nitrogen and oxygen atoms in total. The Morgan fingerprint density at radius 2 is 2.22 bits per heavy atom. The van der Waals surface area contributed by atoms with Crippen LogP contribution >= 0.6 is 11.3 Å². The summed E-state index contributed by atoms with van der Waals surface area (Å²) in [6.45, 7) is 3.41. The monoisotopic (exact) mass is 333 g/mol. The minimum absolute atomic E-state index is 0.0589. The van der Waals surface area contributed by atoms with E-state index >= 15 is 0 Å². The van der Waals surface area contributed by atoms with Gasteiger partial charge in [-0.1, -0.05) is 13.3 Å². The molecule has 7 heteroatoms. The maximum atomic E-state index is 12.1. The zero-order valence-corrected chi connectivity index (χ0v) is 13.9. The number of carbonyl (C=O) groups is 2. The molecule has 2 aromatic heterocycles. The summed E-state index contributed by atoms with van der Waals surface area (Å²) in [7, 11) is 0. The average molecular weight is 333 g/mol. The number of thiazole rings is 1.